The number of rotatable bonds is 6. The molecular formula is C22H35N3O3S. The average molecular weight is 422 g/mol. The zero-order chi connectivity index (χ0) is 20.9. The second-order valence-electron chi connectivity index (χ2n) is 8.02. The van der Waals surface area contributed by atoms with Gasteiger partial charge in [0.25, 0.3) is 5.91 Å². The van der Waals surface area contributed by atoms with Crippen molar-refractivity contribution in [1.29, 1.82) is 0 Å². The number of carbonyl (C=O) groups excluding carboxylic acids is 1. The van der Waals surface area contributed by atoms with Crippen LogP contribution in [0.3, 0.4) is 0 Å². The molecule has 6 nitrogen and oxygen atoms in total. The van der Waals surface area contributed by atoms with E-state index in [1.54, 1.807) is 12.1 Å². The smallest absolute Gasteiger partial charge is 0.256 e. The monoisotopic (exact) mass is 421 g/mol. The molecule has 3 rings (SSSR count). The summed E-state index contributed by atoms with van der Waals surface area (Å²) in [5.74, 6) is -0.0228. The summed E-state index contributed by atoms with van der Waals surface area (Å²) < 4.78 is 27.6. The second kappa shape index (κ2) is 9.94. The van der Waals surface area contributed by atoms with Gasteiger partial charge >= 0.3 is 0 Å². The summed E-state index contributed by atoms with van der Waals surface area (Å²) in [7, 11) is -3.60. The molecule has 162 valence electrons. The molecule has 2 fully saturated rings. The third-order valence-corrected chi connectivity index (χ3v) is 8.18. The number of nitrogens with zero attached hydrogens (tertiary/aromatic N) is 3. The van der Waals surface area contributed by atoms with Crippen molar-refractivity contribution in [3.05, 3.63) is 23.8 Å². The van der Waals surface area contributed by atoms with Gasteiger partial charge in [0.05, 0.1) is 10.5 Å². The molecule has 1 aromatic rings. The summed E-state index contributed by atoms with van der Waals surface area (Å²) in [5, 5.41) is 0. The van der Waals surface area contributed by atoms with E-state index in [0.717, 1.165) is 70.4 Å². The summed E-state index contributed by atoms with van der Waals surface area (Å²) in [6.07, 6.45) is 7.79. The van der Waals surface area contributed by atoms with Gasteiger partial charge in [-0.1, -0.05) is 33.1 Å². The van der Waals surface area contributed by atoms with Gasteiger partial charge in [0.1, 0.15) is 0 Å². The Balaban J connectivity index is 2.00. The van der Waals surface area contributed by atoms with Crippen molar-refractivity contribution in [2.75, 3.05) is 44.2 Å². The first kappa shape index (κ1) is 22.1. The molecule has 1 aromatic carbocycles. The molecule has 0 spiro atoms. The van der Waals surface area contributed by atoms with E-state index in [-0.39, 0.29) is 10.8 Å². The van der Waals surface area contributed by atoms with Gasteiger partial charge in [0, 0.05) is 45.0 Å². The van der Waals surface area contributed by atoms with Gasteiger partial charge in [0.15, 0.2) is 0 Å². The molecule has 0 bridgehead atoms. The Morgan fingerprint density at radius 1 is 0.897 bits per heavy atom. The maximum atomic E-state index is 13.5. The number of anilines is 1. The molecule has 2 heterocycles. The second-order valence-corrected chi connectivity index (χ2v) is 9.96. The highest BCUT2D eigenvalue weighted by molar-refractivity contribution is 7.89. The van der Waals surface area contributed by atoms with Crippen LogP contribution in [-0.4, -0.2) is 62.8 Å². The van der Waals surface area contributed by atoms with E-state index in [4.69, 9.17) is 0 Å². The molecule has 0 N–H and O–H groups in total. The van der Waals surface area contributed by atoms with Crippen LogP contribution in [0.1, 0.15) is 69.2 Å². The summed E-state index contributed by atoms with van der Waals surface area (Å²) >= 11 is 0. The van der Waals surface area contributed by atoms with Crippen LogP contribution in [-0.2, 0) is 10.0 Å². The first-order valence-electron chi connectivity index (χ1n) is 11.2. The van der Waals surface area contributed by atoms with Crippen LogP contribution in [0.4, 0.5) is 5.69 Å². The van der Waals surface area contributed by atoms with Gasteiger partial charge in [-0.3, -0.25) is 4.79 Å². The lowest BCUT2D eigenvalue weighted by molar-refractivity contribution is 0.0743. The maximum Gasteiger partial charge on any atom is 0.256 e. The Bertz CT molecular complexity index is 792. The molecule has 2 aliphatic heterocycles. The van der Waals surface area contributed by atoms with Crippen LogP contribution in [0.25, 0.3) is 0 Å². The van der Waals surface area contributed by atoms with E-state index >= 15 is 0 Å². The number of benzene rings is 1. The lowest BCUT2D eigenvalue weighted by atomic mass is 10.1. The Morgan fingerprint density at radius 2 is 1.45 bits per heavy atom. The van der Waals surface area contributed by atoms with E-state index in [1.807, 2.05) is 24.8 Å². The zero-order valence-electron chi connectivity index (χ0n) is 17.9. The first-order valence-corrected chi connectivity index (χ1v) is 12.6. The lowest BCUT2D eigenvalue weighted by Crippen LogP contribution is -2.35. The predicted molar refractivity (Wildman–Crippen MR) is 117 cm³/mol. The number of amides is 1. The van der Waals surface area contributed by atoms with Crippen molar-refractivity contribution in [2.45, 2.75) is 63.7 Å². The van der Waals surface area contributed by atoms with E-state index in [1.165, 1.54) is 10.7 Å². The minimum atomic E-state index is -3.60. The van der Waals surface area contributed by atoms with Crippen molar-refractivity contribution in [3.8, 4) is 0 Å². The Kier molecular flexibility index (Phi) is 7.57. The van der Waals surface area contributed by atoms with Gasteiger partial charge in [-0.2, -0.15) is 4.31 Å². The summed E-state index contributed by atoms with van der Waals surface area (Å²) in [4.78, 5) is 17.9. The largest absolute Gasteiger partial charge is 0.371 e. The van der Waals surface area contributed by atoms with Gasteiger partial charge in [0.2, 0.25) is 10.0 Å². The molecule has 0 atom stereocenters. The first-order chi connectivity index (χ1) is 14.0. The Morgan fingerprint density at radius 3 is 2.03 bits per heavy atom. The molecule has 0 saturated carbocycles. The number of likely N-dealkylation sites (tertiary alicyclic amines) is 1. The van der Waals surface area contributed by atoms with Gasteiger partial charge in [-0.05, 0) is 43.9 Å². The van der Waals surface area contributed by atoms with Crippen molar-refractivity contribution in [1.82, 2.24) is 9.21 Å². The fraction of sp³-hybridized carbons (Fsp3) is 0.682. The normalized spacial score (nSPS) is 18.7. The summed E-state index contributed by atoms with van der Waals surface area (Å²) in [5.41, 5.74) is 1.42. The van der Waals surface area contributed by atoms with Crippen LogP contribution in [0.5, 0.6) is 0 Å². The quantitative estimate of drug-likeness (QED) is 0.702. The van der Waals surface area contributed by atoms with Crippen molar-refractivity contribution in [3.63, 3.8) is 0 Å². The molecule has 2 aliphatic rings. The van der Waals surface area contributed by atoms with Gasteiger partial charge in [-0.15, -0.1) is 0 Å². The summed E-state index contributed by atoms with van der Waals surface area (Å²) in [6.45, 7) is 7.86. The molecule has 7 heteroatoms. The fourth-order valence-corrected chi connectivity index (χ4v) is 5.90. The van der Waals surface area contributed by atoms with Gasteiger partial charge in [-0.25, -0.2) is 8.42 Å². The summed E-state index contributed by atoms with van der Waals surface area (Å²) in [6, 6.07) is 5.15. The fourth-order valence-electron chi connectivity index (χ4n) is 4.41. The Hall–Kier alpha value is -1.60. The van der Waals surface area contributed by atoms with E-state index in [0.29, 0.717) is 18.7 Å². The van der Waals surface area contributed by atoms with Crippen molar-refractivity contribution >= 4 is 21.6 Å². The molecule has 0 unspecified atom stereocenters. The zero-order valence-corrected chi connectivity index (χ0v) is 18.7. The molecule has 29 heavy (non-hydrogen) atoms. The maximum absolute atomic E-state index is 13.5. The lowest BCUT2D eigenvalue weighted by Gasteiger charge is -2.28. The highest BCUT2D eigenvalue weighted by Gasteiger charge is 2.28. The van der Waals surface area contributed by atoms with E-state index in [2.05, 4.69) is 4.90 Å². The average Bonchev–Trinajstić information content (AvgIpc) is 3.22. The van der Waals surface area contributed by atoms with Crippen molar-refractivity contribution in [2.24, 2.45) is 0 Å². The van der Waals surface area contributed by atoms with Crippen LogP contribution in [0.15, 0.2) is 23.1 Å². The Labute approximate surface area is 175 Å². The number of carbonyl (C=O) groups is 1. The number of sulfonamides is 1. The highest BCUT2D eigenvalue weighted by atomic mass is 32.2. The molecule has 0 radical (unpaired) electrons. The van der Waals surface area contributed by atoms with Crippen LogP contribution < -0.4 is 4.90 Å². The number of hydrogen-bond donors (Lipinski definition) is 0. The van der Waals surface area contributed by atoms with Crippen LogP contribution in [0.2, 0.25) is 0 Å². The highest BCUT2D eigenvalue weighted by Crippen LogP contribution is 2.30. The molecule has 1 amide bonds. The van der Waals surface area contributed by atoms with E-state index < -0.39 is 10.0 Å². The third-order valence-electron chi connectivity index (χ3n) is 6.13. The van der Waals surface area contributed by atoms with Crippen LogP contribution in [0, 0.1) is 0 Å². The molecule has 0 aliphatic carbocycles. The molecule has 2 saturated heterocycles. The third kappa shape index (κ3) is 4.94. The SMILES string of the molecule is CCN(CC)S(=O)(=O)c1ccc(N2CCCC2)c(C(=O)N2CCCCCCC2)c1. The number of hydrogen-bond acceptors (Lipinski definition) is 4. The van der Waals surface area contributed by atoms with Crippen molar-refractivity contribution < 1.29 is 13.2 Å². The topological polar surface area (TPSA) is 60.9 Å². The molecular weight excluding hydrogens is 386 g/mol. The standard InChI is InChI=1S/C22H35N3O3S/c1-3-25(4-2)29(27,28)19-12-13-21(23-14-10-11-15-23)20(18-19)22(26)24-16-8-6-5-7-9-17-24/h12-13,18H,3-11,14-17H2,1-2H3. The minimum absolute atomic E-state index is 0.0228. The van der Waals surface area contributed by atoms with Gasteiger partial charge < -0.3 is 9.80 Å². The van der Waals surface area contributed by atoms with Crippen LogP contribution >= 0.6 is 0 Å². The predicted octanol–water partition coefficient (Wildman–Crippen LogP) is 3.72. The molecule has 0 aromatic heterocycles. The van der Waals surface area contributed by atoms with E-state index in [9.17, 15) is 13.2 Å². The minimum Gasteiger partial charge on any atom is -0.371 e.